The Kier molecular flexibility index (Phi) is 5.25. The summed E-state index contributed by atoms with van der Waals surface area (Å²) >= 11 is 0. The molecule has 1 aromatic heterocycles. The highest BCUT2D eigenvalue weighted by Crippen LogP contribution is 2.26. The minimum atomic E-state index is -0.867. The van der Waals surface area contributed by atoms with Crippen LogP contribution in [0, 0.1) is 0 Å². The zero-order chi connectivity index (χ0) is 15.9. The summed E-state index contributed by atoms with van der Waals surface area (Å²) in [4.78, 5) is 30.0. The van der Waals surface area contributed by atoms with E-state index in [0.29, 0.717) is 11.4 Å². The average molecular weight is 298 g/mol. The van der Waals surface area contributed by atoms with Crippen molar-refractivity contribution in [1.82, 2.24) is 4.98 Å². The first-order valence-corrected chi connectivity index (χ1v) is 7.11. The third kappa shape index (κ3) is 3.49. The molecule has 0 saturated heterocycles. The number of amides is 1. The molecule has 5 heteroatoms. The maximum Gasteiger partial charge on any atom is 0.397 e. The molecule has 0 N–H and O–H groups in total. The van der Waals surface area contributed by atoms with Crippen LogP contribution in [0.3, 0.4) is 0 Å². The number of pyridine rings is 1. The van der Waals surface area contributed by atoms with Gasteiger partial charge in [-0.15, -0.1) is 0 Å². The first-order valence-electron chi connectivity index (χ1n) is 7.11. The Morgan fingerprint density at radius 3 is 2.41 bits per heavy atom. The second kappa shape index (κ2) is 7.36. The van der Waals surface area contributed by atoms with Gasteiger partial charge in [-0.2, -0.15) is 0 Å². The van der Waals surface area contributed by atoms with Crippen LogP contribution in [0.1, 0.15) is 25.6 Å². The van der Waals surface area contributed by atoms with E-state index in [0.717, 1.165) is 0 Å². The van der Waals surface area contributed by atoms with Crippen LogP contribution in [0.25, 0.3) is 0 Å². The maximum atomic E-state index is 12.5. The van der Waals surface area contributed by atoms with Crippen molar-refractivity contribution in [3.05, 3.63) is 60.4 Å². The van der Waals surface area contributed by atoms with Gasteiger partial charge in [0.25, 0.3) is 0 Å². The molecule has 1 atom stereocenters. The summed E-state index contributed by atoms with van der Waals surface area (Å²) in [6.45, 7) is 3.65. The molecule has 0 spiro atoms. The van der Waals surface area contributed by atoms with Gasteiger partial charge in [-0.25, -0.2) is 4.79 Å². The molecule has 0 fully saturated rings. The number of para-hydroxylation sites is 1. The second-order valence-electron chi connectivity index (χ2n) is 4.66. The van der Waals surface area contributed by atoms with Gasteiger partial charge in [0.05, 0.1) is 18.3 Å². The topological polar surface area (TPSA) is 59.5 Å². The summed E-state index contributed by atoms with van der Waals surface area (Å²) < 4.78 is 4.84. The zero-order valence-electron chi connectivity index (χ0n) is 12.6. The van der Waals surface area contributed by atoms with E-state index in [2.05, 4.69) is 4.98 Å². The molecule has 0 aliphatic heterocycles. The monoisotopic (exact) mass is 298 g/mol. The zero-order valence-corrected chi connectivity index (χ0v) is 12.6. The first-order chi connectivity index (χ1) is 10.6. The third-order valence-electron chi connectivity index (χ3n) is 3.21. The minimum absolute atomic E-state index is 0.158. The number of hydrogen-bond acceptors (Lipinski definition) is 4. The molecular formula is C17H18N2O3. The largest absolute Gasteiger partial charge is 0.459 e. The number of hydrogen-bond donors (Lipinski definition) is 0. The molecule has 2 aromatic rings. The van der Waals surface area contributed by atoms with Crippen LogP contribution in [0.5, 0.6) is 0 Å². The molecule has 2 rings (SSSR count). The summed E-state index contributed by atoms with van der Waals surface area (Å²) in [5, 5.41) is 0. The number of benzene rings is 1. The average Bonchev–Trinajstić information content (AvgIpc) is 2.57. The summed E-state index contributed by atoms with van der Waals surface area (Å²) in [5.74, 6) is -1.57. The summed E-state index contributed by atoms with van der Waals surface area (Å²) in [6.07, 6.45) is 1.66. The van der Waals surface area contributed by atoms with E-state index < -0.39 is 11.9 Å². The number of aromatic nitrogens is 1. The molecule has 1 aromatic carbocycles. The molecule has 1 amide bonds. The van der Waals surface area contributed by atoms with Crippen molar-refractivity contribution in [3.63, 3.8) is 0 Å². The lowest BCUT2D eigenvalue weighted by molar-refractivity contribution is -0.153. The van der Waals surface area contributed by atoms with Gasteiger partial charge in [0.1, 0.15) is 0 Å². The Morgan fingerprint density at radius 1 is 1.14 bits per heavy atom. The number of nitrogens with zero attached hydrogens (tertiary/aromatic N) is 2. The van der Waals surface area contributed by atoms with Crippen molar-refractivity contribution >= 4 is 17.6 Å². The highest BCUT2D eigenvalue weighted by Gasteiger charge is 2.30. The predicted octanol–water partition coefficient (Wildman–Crippen LogP) is 2.74. The van der Waals surface area contributed by atoms with Gasteiger partial charge < -0.3 is 4.74 Å². The van der Waals surface area contributed by atoms with Crippen LogP contribution in [0.4, 0.5) is 5.69 Å². The normalized spacial score (nSPS) is 11.5. The Morgan fingerprint density at radius 2 is 1.82 bits per heavy atom. The number of rotatable bonds is 4. The Bertz CT molecular complexity index is 629. The number of carbonyl (C=O) groups is 2. The van der Waals surface area contributed by atoms with Crippen molar-refractivity contribution < 1.29 is 14.3 Å². The van der Waals surface area contributed by atoms with E-state index in [9.17, 15) is 9.59 Å². The van der Waals surface area contributed by atoms with Gasteiger partial charge in [-0.3, -0.25) is 14.7 Å². The van der Waals surface area contributed by atoms with Crippen molar-refractivity contribution in [2.75, 3.05) is 11.5 Å². The molecule has 1 unspecified atom stereocenters. The Balaban J connectivity index is 2.38. The van der Waals surface area contributed by atoms with Gasteiger partial charge in [0.15, 0.2) is 0 Å². The lowest BCUT2D eigenvalue weighted by Crippen LogP contribution is -2.39. The molecular weight excluding hydrogens is 280 g/mol. The van der Waals surface area contributed by atoms with Crippen molar-refractivity contribution in [1.29, 1.82) is 0 Å². The molecule has 0 bridgehead atoms. The highest BCUT2D eigenvalue weighted by molar-refractivity contribution is 6.38. The Hall–Kier alpha value is -2.69. The summed E-state index contributed by atoms with van der Waals surface area (Å²) in [7, 11) is 0. The molecule has 0 saturated carbocycles. The van der Waals surface area contributed by atoms with Crippen LogP contribution in [0.2, 0.25) is 0 Å². The fraction of sp³-hybridized carbons (Fsp3) is 0.235. The van der Waals surface area contributed by atoms with E-state index in [1.54, 1.807) is 31.3 Å². The quantitative estimate of drug-likeness (QED) is 0.643. The smallest absolute Gasteiger partial charge is 0.397 e. The van der Waals surface area contributed by atoms with E-state index in [-0.39, 0.29) is 12.6 Å². The van der Waals surface area contributed by atoms with Crippen LogP contribution >= 0.6 is 0 Å². The standard InChI is InChI=1S/C17H18N2O3/c1-3-22-17(21)16(20)19(14-9-5-4-6-10-14)13(2)15-11-7-8-12-18-15/h4-13H,3H2,1-2H3. The fourth-order valence-corrected chi connectivity index (χ4v) is 2.15. The van der Waals surface area contributed by atoms with Crippen molar-refractivity contribution in [2.45, 2.75) is 19.9 Å². The predicted molar refractivity (Wildman–Crippen MR) is 83.2 cm³/mol. The SMILES string of the molecule is CCOC(=O)C(=O)N(c1ccccc1)C(C)c1ccccn1. The molecule has 0 aliphatic carbocycles. The number of anilines is 1. The van der Waals surface area contributed by atoms with Crippen LogP contribution in [-0.4, -0.2) is 23.5 Å². The van der Waals surface area contributed by atoms with Gasteiger partial charge >= 0.3 is 11.9 Å². The van der Waals surface area contributed by atoms with Gasteiger partial charge in [-0.05, 0) is 38.1 Å². The molecule has 114 valence electrons. The van der Waals surface area contributed by atoms with Gasteiger partial charge in [-0.1, -0.05) is 24.3 Å². The number of esters is 1. The first kappa shape index (κ1) is 15.7. The summed E-state index contributed by atoms with van der Waals surface area (Å²) in [6, 6.07) is 14.1. The van der Waals surface area contributed by atoms with E-state index in [1.807, 2.05) is 37.3 Å². The Labute approximate surface area is 129 Å². The van der Waals surface area contributed by atoms with Gasteiger partial charge in [0.2, 0.25) is 0 Å². The van der Waals surface area contributed by atoms with Crippen molar-refractivity contribution in [3.8, 4) is 0 Å². The van der Waals surface area contributed by atoms with E-state index >= 15 is 0 Å². The number of ether oxygens (including phenoxy) is 1. The molecule has 5 nitrogen and oxygen atoms in total. The van der Waals surface area contributed by atoms with E-state index in [4.69, 9.17) is 4.74 Å². The third-order valence-corrected chi connectivity index (χ3v) is 3.21. The van der Waals surface area contributed by atoms with Crippen molar-refractivity contribution in [2.24, 2.45) is 0 Å². The lowest BCUT2D eigenvalue weighted by Gasteiger charge is -2.28. The number of carbonyl (C=O) groups excluding carboxylic acids is 2. The lowest BCUT2D eigenvalue weighted by atomic mass is 10.1. The summed E-state index contributed by atoms with van der Waals surface area (Å²) in [5.41, 5.74) is 1.32. The second-order valence-corrected chi connectivity index (χ2v) is 4.66. The van der Waals surface area contributed by atoms with Crippen LogP contribution < -0.4 is 4.90 Å². The highest BCUT2D eigenvalue weighted by atomic mass is 16.5. The van der Waals surface area contributed by atoms with Crippen LogP contribution in [-0.2, 0) is 14.3 Å². The minimum Gasteiger partial charge on any atom is -0.459 e. The maximum absolute atomic E-state index is 12.5. The molecule has 0 radical (unpaired) electrons. The molecule has 22 heavy (non-hydrogen) atoms. The van der Waals surface area contributed by atoms with E-state index in [1.165, 1.54) is 4.90 Å². The van der Waals surface area contributed by atoms with Crippen LogP contribution in [0.15, 0.2) is 54.7 Å². The van der Waals surface area contributed by atoms with Gasteiger partial charge in [0, 0.05) is 11.9 Å². The molecule has 1 heterocycles. The fourth-order valence-electron chi connectivity index (χ4n) is 2.15. The molecule has 0 aliphatic rings.